The van der Waals surface area contributed by atoms with Gasteiger partial charge in [0.15, 0.2) is 11.9 Å². The molecule has 1 amide bonds. The Bertz CT molecular complexity index is 1130. The van der Waals surface area contributed by atoms with Crippen LogP contribution in [0.5, 0.6) is 5.75 Å². The molecule has 1 aromatic heterocycles. The standard InChI is InChI=1S/C24H25N3O4/c1-16-23(17-6-2-3-7-18(17)25-16)20(28)14-27-15-22(24(29)26-10-12-30-13-11-26)31-21-9-5-4-8-19(21)27/h2-9,22,25H,10-15H2,1H3. The summed E-state index contributed by atoms with van der Waals surface area (Å²) in [5.74, 6) is 0.589. The van der Waals surface area contributed by atoms with Crippen molar-refractivity contribution in [3.8, 4) is 5.75 Å². The number of fused-ring (bicyclic) bond motifs is 2. The first-order chi connectivity index (χ1) is 15.1. The van der Waals surface area contributed by atoms with Crippen molar-refractivity contribution in [1.82, 2.24) is 9.88 Å². The number of aromatic nitrogens is 1. The van der Waals surface area contributed by atoms with E-state index in [0.29, 0.717) is 44.2 Å². The summed E-state index contributed by atoms with van der Waals surface area (Å²) in [6.07, 6.45) is -0.648. The number of nitrogens with one attached hydrogen (secondary N) is 1. The van der Waals surface area contributed by atoms with Gasteiger partial charge in [-0.25, -0.2) is 0 Å². The molecule has 160 valence electrons. The molecule has 31 heavy (non-hydrogen) atoms. The molecule has 1 unspecified atom stereocenters. The number of Topliss-reactive ketones (excluding diaryl/α,β-unsaturated/α-hetero) is 1. The fraction of sp³-hybridized carbons (Fsp3) is 0.333. The van der Waals surface area contributed by atoms with Crippen LogP contribution in [0.2, 0.25) is 0 Å². The Morgan fingerprint density at radius 3 is 2.65 bits per heavy atom. The number of hydrogen-bond donors (Lipinski definition) is 1. The molecule has 1 fully saturated rings. The molecule has 1 N–H and O–H groups in total. The molecule has 0 aliphatic carbocycles. The molecule has 0 spiro atoms. The molecule has 7 heteroatoms. The van der Waals surface area contributed by atoms with E-state index in [2.05, 4.69) is 4.98 Å². The van der Waals surface area contributed by atoms with Gasteiger partial charge in [-0.1, -0.05) is 30.3 Å². The topological polar surface area (TPSA) is 74.9 Å². The molecule has 0 saturated carbocycles. The second-order valence-corrected chi connectivity index (χ2v) is 7.99. The van der Waals surface area contributed by atoms with Gasteiger partial charge in [0, 0.05) is 35.2 Å². The number of hydrogen-bond acceptors (Lipinski definition) is 5. The van der Waals surface area contributed by atoms with Crippen LogP contribution in [0.1, 0.15) is 16.1 Å². The van der Waals surface area contributed by atoms with Crippen molar-refractivity contribution in [2.45, 2.75) is 13.0 Å². The van der Waals surface area contributed by atoms with Gasteiger partial charge in [0.25, 0.3) is 5.91 Å². The molecule has 2 aromatic carbocycles. The fourth-order valence-electron chi connectivity index (χ4n) is 4.46. The average molecular weight is 419 g/mol. The Hall–Kier alpha value is -3.32. The number of ketones is 1. The summed E-state index contributed by atoms with van der Waals surface area (Å²) < 4.78 is 11.4. The molecule has 1 atom stereocenters. The van der Waals surface area contributed by atoms with E-state index in [-0.39, 0.29) is 18.2 Å². The van der Waals surface area contributed by atoms with Crippen LogP contribution in [0.3, 0.4) is 0 Å². The highest BCUT2D eigenvalue weighted by molar-refractivity contribution is 6.11. The molecule has 2 aliphatic rings. The van der Waals surface area contributed by atoms with Crippen molar-refractivity contribution < 1.29 is 19.1 Å². The number of rotatable bonds is 4. The molecule has 1 saturated heterocycles. The number of morpholine rings is 1. The average Bonchev–Trinajstić information content (AvgIpc) is 3.14. The lowest BCUT2D eigenvalue weighted by atomic mass is 10.0. The smallest absolute Gasteiger partial charge is 0.265 e. The number of aromatic amines is 1. The molecule has 2 aliphatic heterocycles. The highest BCUT2D eigenvalue weighted by Gasteiger charge is 2.35. The maximum Gasteiger partial charge on any atom is 0.265 e. The maximum atomic E-state index is 13.4. The Balaban J connectivity index is 1.42. The molecular weight excluding hydrogens is 394 g/mol. The number of carbonyl (C=O) groups is 2. The Labute approximate surface area is 180 Å². The minimum absolute atomic E-state index is 0.0178. The summed E-state index contributed by atoms with van der Waals surface area (Å²) in [5, 5.41) is 0.924. The molecule has 3 heterocycles. The van der Waals surface area contributed by atoms with Gasteiger partial charge >= 0.3 is 0 Å². The SMILES string of the molecule is Cc1[nH]c2ccccc2c1C(=O)CN1CC(C(=O)N2CCOCC2)Oc2ccccc21. The second kappa shape index (κ2) is 8.07. The van der Waals surface area contributed by atoms with Gasteiger partial charge < -0.3 is 24.3 Å². The summed E-state index contributed by atoms with van der Waals surface area (Å²) in [6.45, 7) is 4.64. The maximum absolute atomic E-state index is 13.4. The second-order valence-electron chi connectivity index (χ2n) is 7.99. The highest BCUT2D eigenvalue weighted by atomic mass is 16.5. The van der Waals surface area contributed by atoms with Crippen LogP contribution in [-0.2, 0) is 9.53 Å². The van der Waals surface area contributed by atoms with Crippen LogP contribution in [-0.4, -0.2) is 67.1 Å². The zero-order valence-corrected chi connectivity index (χ0v) is 17.5. The summed E-state index contributed by atoms with van der Waals surface area (Å²) in [6, 6.07) is 15.4. The van der Waals surface area contributed by atoms with E-state index in [9.17, 15) is 9.59 Å². The predicted molar refractivity (Wildman–Crippen MR) is 118 cm³/mol. The number of H-pyrrole nitrogens is 1. The van der Waals surface area contributed by atoms with E-state index < -0.39 is 6.10 Å². The van der Waals surface area contributed by atoms with Gasteiger partial charge in [-0.2, -0.15) is 0 Å². The van der Waals surface area contributed by atoms with E-state index in [1.807, 2.05) is 60.4 Å². The lowest BCUT2D eigenvalue weighted by Crippen LogP contribution is -2.53. The molecule has 0 radical (unpaired) electrons. The van der Waals surface area contributed by atoms with Crippen molar-refractivity contribution in [2.24, 2.45) is 0 Å². The predicted octanol–water partition coefficient (Wildman–Crippen LogP) is 2.79. The van der Waals surface area contributed by atoms with Crippen LogP contribution in [0.4, 0.5) is 5.69 Å². The third-order valence-corrected chi connectivity index (χ3v) is 5.97. The number of aryl methyl sites for hydroxylation is 1. The molecule has 7 nitrogen and oxygen atoms in total. The molecular formula is C24H25N3O4. The number of para-hydroxylation sites is 3. The summed E-state index contributed by atoms with van der Waals surface area (Å²) in [7, 11) is 0. The van der Waals surface area contributed by atoms with Gasteiger partial charge in [0.1, 0.15) is 5.75 Å². The minimum Gasteiger partial charge on any atom is -0.477 e. The Kier molecular flexibility index (Phi) is 5.11. The number of nitrogens with zero attached hydrogens (tertiary/aromatic N) is 2. The van der Waals surface area contributed by atoms with E-state index >= 15 is 0 Å². The zero-order chi connectivity index (χ0) is 21.4. The van der Waals surface area contributed by atoms with E-state index in [0.717, 1.165) is 22.3 Å². The molecule has 5 rings (SSSR count). The van der Waals surface area contributed by atoms with Gasteiger partial charge in [-0.15, -0.1) is 0 Å². The first-order valence-electron chi connectivity index (χ1n) is 10.6. The third kappa shape index (κ3) is 3.65. The van der Waals surface area contributed by atoms with Crippen molar-refractivity contribution in [2.75, 3.05) is 44.3 Å². The zero-order valence-electron chi connectivity index (χ0n) is 17.5. The van der Waals surface area contributed by atoms with Crippen LogP contribution in [0.15, 0.2) is 48.5 Å². The number of benzene rings is 2. The Morgan fingerprint density at radius 2 is 1.81 bits per heavy atom. The summed E-state index contributed by atoms with van der Waals surface area (Å²) in [4.78, 5) is 33.5. The number of ether oxygens (including phenoxy) is 2. The molecule has 3 aromatic rings. The van der Waals surface area contributed by atoms with E-state index in [1.54, 1.807) is 4.90 Å². The minimum atomic E-state index is -0.648. The lowest BCUT2D eigenvalue weighted by molar-refractivity contribution is -0.142. The highest BCUT2D eigenvalue weighted by Crippen LogP contribution is 2.34. The number of amides is 1. The molecule has 0 bridgehead atoms. The van der Waals surface area contributed by atoms with Crippen LogP contribution >= 0.6 is 0 Å². The van der Waals surface area contributed by atoms with Crippen molar-refractivity contribution in [1.29, 1.82) is 0 Å². The van der Waals surface area contributed by atoms with Gasteiger partial charge in [-0.05, 0) is 25.1 Å². The monoisotopic (exact) mass is 419 g/mol. The van der Waals surface area contributed by atoms with E-state index in [4.69, 9.17) is 9.47 Å². The van der Waals surface area contributed by atoms with Gasteiger partial charge in [0.05, 0.1) is 32.0 Å². The van der Waals surface area contributed by atoms with Gasteiger partial charge in [-0.3, -0.25) is 9.59 Å². The van der Waals surface area contributed by atoms with Crippen LogP contribution in [0, 0.1) is 6.92 Å². The third-order valence-electron chi connectivity index (χ3n) is 5.97. The van der Waals surface area contributed by atoms with Gasteiger partial charge in [0.2, 0.25) is 0 Å². The number of carbonyl (C=O) groups excluding carboxylic acids is 2. The first kappa shape index (κ1) is 19.6. The first-order valence-corrected chi connectivity index (χ1v) is 10.6. The van der Waals surface area contributed by atoms with E-state index in [1.165, 1.54) is 0 Å². The normalized spacial score (nSPS) is 18.5. The van der Waals surface area contributed by atoms with Crippen LogP contribution in [0.25, 0.3) is 10.9 Å². The largest absolute Gasteiger partial charge is 0.477 e. The summed E-state index contributed by atoms with van der Waals surface area (Å²) in [5.41, 5.74) is 3.34. The quantitative estimate of drug-likeness (QED) is 0.659. The lowest BCUT2D eigenvalue weighted by Gasteiger charge is -2.38. The fourth-order valence-corrected chi connectivity index (χ4v) is 4.46. The van der Waals surface area contributed by atoms with Crippen LogP contribution < -0.4 is 9.64 Å². The Morgan fingerprint density at radius 1 is 1.06 bits per heavy atom. The van der Waals surface area contributed by atoms with Crippen molar-refractivity contribution >= 4 is 28.3 Å². The van der Waals surface area contributed by atoms with Crippen molar-refractivity contribution in [3.63, 3.8) is 0 Å². The van der Waals surface area contributed by atoms with Crippen molar-refractivity contribution in [3.05, 3.63) is 59.8 Å². The summed E-state index contributed by atoms with van der Waals surface area (Å²) >= 11 is 0. The number of anilines is 1.